The van der Waals surface area contributed by atoms with Crippen molar-refractivity contribution in [3.8, 4) is 0 Å². The molecule has 1 saturated carbocycles. The van der Waals surface area contributed by atoms with E-state index >= 15 is 0 Å². The molecule has 0 bridgehead atoms. The van der Waals surface area contributed by atoms with Crippen LogP contribution in [0.2, 0.25) is 0 Å². The van der Waals surface area contributed by atoms with Gasteiger partial charge >= 0.3 is 12.0 Å². The summed E-state index contributed by atoms with van der Waals surface area (Å²) < 4.78 is 0. The maximum Gasteiger partial charge on any atom is 0.323 e. The molecule has 1 N–H and O–H groups in total. The molecule has 0 aromatic heterocycles. The molecule has 1 spiro atoms. The van der Waals surface area contributed by atoms with Crippen molar-refractivity contribution in [1.29, 1.82) is 0 Å². The zero-order chi connectivity index (χ0) is 15.5. The molecule has 2 fully saturated rings. The minimum Gasteiger partial charge on any atom is -0.480 e. The van der Waals surface area contributed by atoms with Crippen molar-refractivity contribution < 1.29 is 14.7 Å². The Morgan fingerprint density at radius 3 is 2.14 bits per heavy atom. The molecule has 1 aliphatic carbocycles. The SMILES string of the molecule is CC(C)N(CC(=O)O)C(=O)N1CCC2(CCCCC2)CC1. The number of urea groups is 1. The monoisotopic (exact) mass is 296 g/mol. The van der Waals surface area contributed by atoms with Crippen LogP contribution in [0.3, 0.4) is 0 Å². The Morgan fingerprint density at radius 1 is 1.10 bits per heavy atom. The number of nitrogens with zero attached hydrogens (tertiary/aromatic N) is 2. The van der Waals surface area contributed by atoms with Gasteiger partial charge in [0.25, 0.3) is 0 Å². The van der Waals surface area contributed by atoms with Crippen LogP contribution in [0.25, 0.3) is 0 Å². The molecule has 2 rings (SSSR count). The van der Waals surface area contributed by atoms with E-state index in [1.165, 1.54) is 37.0 Å². The first-order valence-corrected chi connectivity index (χ1v) is 8.21. The number of amides is 2. The van der Waals surface area contributed by atoms with Crippen molar-refractivity contribution in [2.45, 2.75) is 64.8 Å². The van der Waals surface area contributed by atoms with Gasteiger partial charge in [0.15, 0.2) is 0 Å². The van der Waals surface area contributed by atoms with Gasteiger partial charge in [-0.1, -0.05) is 19.3 Å². The molecule has 0 aromatic rings. The maximum absolute atomic E-state index is 12.5. The number of hydrogen-bond acceptors (Lipinski definition) is 2. The van der Waals surface area contributed by atoms with Crippen molar-refractivity contribution in [2.24, 2.45) is 5.41 Å². The molecule has 5 nitrogen and oxygen atoms in total. The van der Waals surface area contributed by atoms with Gasteiger partial charge in [0.1, 0.15) is 6.54 Å². The highest BCUT2D eigenvalue weighted by molar-refractivity contribution is 5.80. The van der Waals surface area contributed by atoms with Gasteiger partial charge in [-0.2, -0.15) is 0 Å². The molecule has 1 heterocycles. The number of carboxylic acids is 1. The van der Waals surface area contributed by atoms with Gasteiger partial charge in [-0.25, -0.2) is 4.79 Å². The van der Waals surface area contributed by atoms with E-state index in [0.717, 1.165) is 25.9 Å². The molecule has 0 atom stereocenters. The van der Waals surface area contributed by atoms with Gasteiger partial charge in [0.05, 0.1) is 0 Å². The first kappa shape index (κ1) is 16.1. The Kier molecular flexibility index (Phi) is 5.12. The van der Waals surface area contributed by atoms with Gasteiger partial charge in [-0.15, -0.1) is 0 Å². The summed E-state index contributed by atoms with van der Waals surface area (Å²) in [5, 5.41) is 8.97. The van der Waals surface area contributed by atoms with Crippen molar-refractivity contribution >= 4 is 12.0 Å². The largest absolute Gasteiger partial charge is 0.480 e. The molecular weight excluding hydrogens is 268 g/mol. The third-order valence-corrected chi connectivity index (χ3v) is 5.18. The molecule has 5 heteroatoms. The standard InChI is InChI=1S/C16H28N2O3/c1-13(2)18(12-14(19)20)15(21)17-10-8-16(9-11-17)6-4-3-5-7-16/h13H,3-12H2,1-2H3,(H,19,20). The minimum absolute atomic E-state index is 0.0841. The Balaban J connectivity index is 1.93. The van der Waals surface area contributed by atoms with Gasteiger partial charge in [-0.3, -0.25) is 4.79 Å². The van der Waals surface area contributed by atoms with Crippen molar-refractivity contribution in [1.82, 2.24) is 9.80 Å². The van der Waals surface area contributed by atoms with E-state index in [1.54, 1.807) is 0 Å². The van der Waals surface area contributed by atoms with Crippen LogP contribution in [0.4, 0.5) is 4.79 Å². The molecule has 0 aromatic carbocycles. The van der Waals surface area contributed by atoms with Crippen molar-refractivity contribution in [2.75, 3.05) is 19.6 Å². The Labute approximate surface area is 127 Å². The molecule has 21 heavy (non-hydrogen) atoms. The summed E-state index contributed by atoms with van der Waals surface area (Å²) in [6.07, 6.45) is 8.77. The topological polar surface area (TPSA) is 60.9 Å². The Morgan fingerprint density at radius 2 is 1.67 bits per heavy atom. The number of aliphatic carboxylic acids is 1. The number of hydrogen-bond donors (Lipinski definition) is 1. The highest BCUT2D eigenvalue weighted by atomic mass is 16.4. The van der Waals surface area contributed by atoms with Crippen molar-refractivity contribution in [3.05, 3.63) is 0 Å². The average Bonchev–Trinajstić information content (AvgIpc) is 2.45. The van der Waals surface area contributed by atoms with E-state index in [-0.39, 0.29) is 18.6 Å². The molecule has 1 saturated heterocycles. The fourth-order valence-electron chi connectivity index (χ4n) is 3.77. The summed E-state index contributed by atoms with van der Waals surface area (Å²) in [5.41, 5.74) is 0.463. The van der Waals surface area contributed by atoms with E-state index < -0.39 is 5.97 Å². The van der Waals surface area contributed by atoms with Gasteiger partial charge in [0, 0.05) is 19.1 Å². The maximum atomic E-state index is 12.5. The number of likely N-dealkylation sites (tertiary alicyclic amines) is 1. The number of piperidine rings is 1. The number of carboxylic acid groups (broad SMARTS) is 1. The lowest BCUT2D eigenvalue weighted by Crippen LogP contribution is -2.52. The van der Waals surface area contributed by atoms with Crippen LogP contribution in [0.15, 0.2) is 0 Å². The summed E-state index contributed by atoms with van der Waals surface area (Å²) in [6, 6.07) is -0.197. The molecule has 0 radical (unpaired) electrons. The number of rotatable bonds is 3. The highest BCUT2D eigenvalue weighted by Gasteiger charge is 2.38. The fraction of sp³-hybridized carbons (Fsp3) is 0.875. The minimum atomic E-state index is -0.946. The summed E-state index contributed by atoms with van der Waals surface area (Å²) in [5.74, 6) is -0.946. The third-order valence-electron chi connectivity index (χ3n) is 5.18. The van der Waals surface area contributed by atoms with Gasteiger partial charge in [0.2, 0.25) is 0 Å². The smallest absolute Gasteiger partial charge is 0.323 e. The van der Waals surface area contributed by atoms with Crippen LogP contribution in [-0.4, -0.2) is 52.6 Å². The van der Waals surface area contributed by atoms with Gasteiger partial charge < -0.3 is 14.9 Å². The predicted molar refractivity (Wildman–Crippen MR) is 81.2 cm³/mol. The van der Waals surface area contributed by atoms with E-state index in [0.29, 0.717) is 5.41 Å². The van der Waals surface area contributed by atoms with Crippen LogP contribution >= 0.6 is 0 Å². The molecule has 120 valence electrons. The lowest BCUT2D eigenvalue weighted by Gasteiger charge is -2.45. The highest BCUT2D eigenvalue weighted by Crippen LogP contribution is 2.44. The fourth-order valence-corrected chi connectivity index (χ4v) is 3.77. The average molecular weight is 296 g/mol. The second-order valence-electron chi connectivity index (χ2n) is 6.95. The lowest BCUT2D eigenvalue weighted by atomic mass is 9.68. The molecule has 2 amide bonds. The first-order valence-electron chi connectivity index (χ1n) is 8.21. The van der Waals surface area contributed by atoms with Crippen molar-refractivity contribution in [3.63, 3.8) is 0 Å². The van der Waals surface area contributed by atoms with Crippen LogP contribution in [-0.2, 0) is 4.79 Å². The summed E-state index contributed by atoms with van der Waals surface area (Å²) in [6.45, 7) is 5.09. The lowest BCUT2D eigenvalue weighted by molar-refractivity contribution is -0.138. The summed E-state index contributed by atoms with van der Waals surface area (Å²) in [7, 11) is 0. The molecule has 1 aliphatic heterocycles. The number of carbonyl (C=O) groups is 2. The van der Waals surface area contributed by atoms with E-state index in [1.807, 2.05) is 18.7 Å². The summed E-state index contributed by atoms with van der Waals surface area (Å²) in [4.78, 5) is 26.8. The number of carbonyl (C=O) groups excluding carboxylic acids is 1. The zero-order valence-electron chi connectivity index (χ0n) is 13.3. The Bertz CT molecular complexity index is 379. The summed E-state index contributed by atoms with van der Waals surface area (Å²) >= 11 is 0. The van der Waals surface area contributed by atoms with Gasteiger partial charge in [-0.05, 0) is 44.9 Å². The second-order valence-corrected chi connectivity index (χ2v) is 6.95. The molecule has 2 aliphatic rings. The Hall–Kier alpha value is -1.26. The zero-order valence-corrected chi connectivity index (χ0v) is 13.3. The molecule has 0 unspecified atom stereocenters. The van der Waals surface area contributed by atoms with Crippen LogP contribution in [0.1, 0.15) is 58.8 Å². The van der Waals surface area contributed by atoms with E-state index in [9.17, 15) is 9.59 Å². The van der Waals surface area contributed by atoms with E-state index in [2.05, 4.69) is 0 Å². The van der Waals surface area contributed by atoms with Crippen LogP contribution in [0.5, 0.6) is 0 Å². The molecular formula is C16H28N2O3. The quantitative estimate of drug-likeness (QED) is 0.871. The first-order chi connectivity index (χ1) is 9.93. The predicted octanol–water partition coefficient (Wildman–Crippen LogP) is 2.95. The third kappa shape index (κ3) is 3.89. The normalized spacial score (nSPS) is 21.6. The second kappa shape index (κ2) is 6.67. The van der Waals surface area contributed by atoms with Crippen LogP contribution in [0, 0.1) is 5.41 Å². The van der Waals surface area contributed by atoms with E-state index in [4.69, 9.17) is 5.11 Å². The van der Waals surface area contributed by atoms with Crippen LogP contribution < -0.4 is 0 Å².